The Balaban J connectivity index is 1.79. The fraction of sp³-hybridized carbons (Fsp3) is 0.303. The molecule has 0 aliphatic carbocycles. The second-order valence-corrected chi connectivity index (χ2v) is 11.4. The number of carbonyl (C=O) groups is 1. The second kappa shape index (κ2) is 11.7. The summed E-state index contributed by atoms with van der Waals surface area (Å²) < 4.78 is 19.8. The van der Waals surface area contributed by atoms with Gasteiger partial charge in [0.15, 0.2) is 4.80 Å². The Hall–Kier alpha value is -4.17. The van der Waals surface area contributed by atoms with Gasteiger partial charge in [0.1, 0.15) is 17.5 Å². The standard InChI is InChI=1S/C33H34N2O5S/c1-7-38-32(37)29-21(6)34-33-35(30(29)24-14-10-11-15-26(24)39-19(2)3)31(36)28(41-33)18-25-23-13-9-8-12-22(23)16-17-27(25)40-20(4)5/h8-20,30H,7H2,1-6H3/b28-18-/t30-/m0/s1. The summed E-state index contributed by atoms with van der Waals surface area (Å²) in [6, 6.07) is 18.7. The van der Waals surface area contributed by atoms with Crippen molar-refractivity contribution in [1.29, 1.82) is 0 Å². The van der Waals surface area contributed by atoms with Gasteiger partial charge in [0.2, 0.25) is 0 Å². The largest absolute Gasteiger partial charge is 0.491 e. The number of esters is 1. The first kappa shape index (κ1) is 28.4. The Bertz CT molecular complexity index is 1830. The number of para-hydroxylation sites is 1. The van der Waals surface area contributed by atoms with Gasteiger partial charge in [0.05, 0.1) is 34.6 Å². The van der Waals surface area contributed by atoms with Gasteiger partial charge in [-0.1, -0.05) is 59.9 Å². The number of allylic oxidation sites excluding steroid dienone is 1. The van der Waals surface area contributed by atoms with Crippen LogP contribution >= 0.6 is 11.3 Å². The van der Waals surface area contributed by atoms with Crippen LogP contribution in [0.5, 0.6) is 11.5 Å². The minimum atomic E-state index is -0.763. The number of carbonyl (C=O) groups excluding carboxylic acids is 1. The average molecular weight is 571 g/mol. The first-order valence-corrected chi connectivity index (χ1v) is 14.6. The highest BCUT2D eigenvalue weighted by atomic mass is 32.1. The van der Waals surface area contributed by atoms with E-state index in [0.717, 1.165) is 16.3 Å². The Kier molecular flexibility index (Phi) is 8.13. The first-order valence-electron chi connectivity index (χ1n) is 13.8. The van der Waals surface area contributed by atoms with Gasteiger partial charge in [-0.3, -0.25) is 9.36 Å². The number of hydrogen-bond acceptors (Lipinski definition) is 7. The van der Waals surface area contributed by atoms with E-state index in [4.69, 9.17) is 19.2 Å². The Morgan fingerprint density at radius 3 is 2.39 bits per heavy atom. The summed E-state index contributed by atoms with van der Waals surface area (Å²) in [4.78, 5) is 32.8. The number of rotatable bonds is 8. The predicted molar refractivity (Wildman–Crippen MR) is 162 cm³/mol. The van der Waals surface area contributed by atoms with E-state index in [9.17, 15) is 9.59 Å². The normalized spacial score (nSPS) is 15.3. The van der Waals surface area contributed by atoms with Crippen LogP contribution in [0.4, 0.5) is 0 Å². The number of fused-ring (bicyclic) bond motifs is 2. The molecule has 0 radical (unpaired) electrons. The van der Waals surface area contributed by atoms with Crippen molar-refractivity contribution in [2.24, 2.45) is 4.99 Å². The van der Waals surface area contributed by atoms with Crippen LogP contribution in [0.15, 0.2) is 81.7 Å². The van der Waals surface area contributed by atoms with Gasteiger partial charge < -0.3 is 14.2 Å². The van der Waals surface area contributed by atoms with Gasteiger partial charge >= 0.3 is 5.97 Å². The van der Waals surface area contributed by atoms with Crippen LogP contribution in [0.25, 0.3) is 16.8 Å². The molecule has 0 spiro atoms. The molecule has 0 fully saturated rings. The number of aromatic nitrogens is 1. The molecule has 1 aromatic heterocycles. The zero-order valence-corrected chi connectivity index (χ0v) is 25.0. The highest BCUT2D eigenvalue weighted by molar-refractivity contribution is 7.07. The first-order chi connectivity index (χ1) is 19.7. The van der Waals surface area contributed by atoms with Gasteiger partial charge in [0, 0.05) is 11.1 Å². The summed E-state index contributed by atoms with van der Waals surface area (Å²) in [7, 11) is 0. The van der Waals surface area contributed by atoms with Crippen molar-refractivity contribution in [3.63, 3.8) is 0 Å². The van der Waals surface area contributed by atoms with Crippen LogP contribution in [-0.2, 0) is 9.53 Å². The van der Waals surface area contributed by atoms with E-state index in [1.165, 1.54) is 11.3 Å². The van der Waals surface area contributed by atoms with Crippen molar-refractivity contribution in [3.8, 4) is 11.5 Å². The van der Waals surface area contributed by atoms with Crippen molar-refractivity contribution >= 4 is 34.2 Å². The molecule has 0 saturated heterocycles. The van der Waals surface area contributed by atoms with Crippen molar-refractivity contribution < 1.29 is 19.0 Å². The lowest BCUT2D eigenvalue weighted by molar-refractivity contribution is -0.139. The van der Waals surface area contributed by atoms with E-state index in [-0.39, 0.29) is 24.4 Å². The lowest BCUT2D eigenvalue weighted by Crippen LogP contribution is -2.40. The molecule has 4 aromatic rings. The SMILES string of the molecule is CCOC(=O)C1=C(C)N=c2s/c(=C\c3c(OC(C)C)ccc4ccccc34)c(=O)n2[C@H]1c1ccccc1OC(C)C. The number of thiazole rings is 1. The maximum absolute atomic E-state index is 14.3. The molecular formula is C33H34N2O5S. The van der Waals surface area contributed by atoms with Gasteiger partial charge in [-0.15, -0.1) is 0 Å². The van der Waals surface area contributed by atoms with E-state index < -0.39 is 12.0 Å². The Labute approximate surface area is 243 Å². The summed E-state index contributed by atoms with van der Waals surface area (Å²) in [6.45, 7) is 11.6. The molecule has 1 aliphatic heterocycles. The minimum absolute atomic E-state index is 0.0447. The molecule has 5 rings (SSSR count). The van der Waals surface area contributed by atoms with Crippen molar-refractivity contribution in [3.05, 3.63) is 103 Å². The maximum Gasteiger partial charge on any atom is 0.338 e. The van der Waals surface area contributed by atoms with Crippen molar-refractivity contribution in [1.82, 2.24) is 4.57 Å². The molecule has 0 saturated carbocycles. The van der Waals surface area contributed by atoms with E-state index in [2.05, 4.69) is 0 Å². The molecule has 8 heteroatoms. The third kappa shape index (κ3) is 5.57. The second-order valence-electron chi connectivity index (χ2n) is 10.4. The minimum Gasteiger partial charge on any atom is -0.491 e. The van der Waals surface area contributed by atoms with Crippen molar-refractivity contribution in [2.45, 2.75) is 59.8 Å². The molecular weight excluding hydrogens is 536 g/mol. The molecule has 0 N–H and O–H groups in total. The topological polar surface area (TPSA) is 79.1 Å². The van der Waals surface area contributed by atoms with Crippen LogP contribution in [0.2, 0.25) is 0 Å². The molecule has 41 heavy (non-hydrogen) atoms. The van der Waals surface area contributed by atoms with Gasteiger partial charge in [-0.05, 0) is 70.5 Å². The van der Waals surface area contributed by atoms with E-state index in [0.29, 0.717) is 37.7 Å². The smallest absolute Gasteiger partial charge is 0.338 e. The molecule has 1 aliphatic rings. The lowest BCUT2D eigenvalue weighted by Gasteiger charge is -2.26. The number of benzene rings is 3. The number of ether oxygens (including phenoxy) is 3. The monoisotopic (exact) mass is 570 g/mol. The number of nitrogens with zero attached hydrogens (tertiary/aromatic N) is 2. The molecule has 212 valence electrons. The van der Waals surface area contributed by atoms with Gasteiger partial charge in [-0.2, -0.15) is 0 Å². The Morgan fingerprint density at radius 2 is 1.66 bits per heavy atom. The highest BCUT2D eigenvalue weighted by Gasteiger charge is 2.35. The fourth-order valence-corrected chi connectivity index (χ4v) is 6.09. The van der Waals surface area contributed by atoms with Crippen molar-refractivity contribution in [2.75, 3.05) is 6.61 Å². The van der Waals surface area contributed by atoms with Crippen LogP contribution in [0.1, 0.15) is 58.7 Å². The average Bonchev–Trinajstić information content (AvgIpc) is 3.23. The molecule has 2 heterocycles. The fourth-order valence-electron chi connectivity index (χ4n) is 5.07. The zero-order chi connectivity index (χ0) is 29.3. The Morgan fingerprint density at radius 1 is 0.976 bits per heavy atom. The quantitative estimate of drug-likeness (QED) is 0.261. The van der Waals surface area contributed by atoms with Gasteiger partial charge in [0.25, 0.3) is 5.56 Å². The van der Waals surface area contributed by atoms with E-state index in [1.54, 1.807) is 18.4 Å². The molecule has 0 amide bonds. The summed E-state index contributed by atoms with van der Waals surface area (Å²) in [5.41, 5.74) is 2.09. The lowest BCUT2D eigenvalue weighted by atomic mass is 9.95. The molecule has 0 unspecified atom stereocenters. The van der Waals surface area contributed by atoms with Crippen LogP contribution in [0.3, 0.4) is 0 Å². The maximum atomic E-state index is 14.3. The van der Waals surface area contributed by atoms with Crippen LogP contribution in [-0.4, -0.2) is 29.4 Å². The molecule has 7 nitrogen and oxygen atoms in total. The third-order valence-corrected chi connectivity index (χ3v) is 7.65. The highest BCUT2D eigenvalue weighted by Crippen LogP contribution is 2.36. The molecule has 1 atom stereocenters. The molecule has 0 bridgehead atoms. The van der Waals surface area contributed by atoms with Crippen LogP contribution < -0.4 is 24.4 Å². The zero-order valence-electron chi connectivity index (χ0n) is 24.1. The predicted octanol–water partition coefficient (Wildman–Crippen LogP) is 5.53. The van der Waals surface area contributed by atoms with Crippen LogP contribution in [0, 0.1) is 0 Å². The van der Waals surface area contributed by atoms with Gasteiger partial charge in [-0.25, -0.2) is 9.79 Å². The molecule has 3 aromatic carbocycles. The number of hydrogen-bond donors (Lipinski definition) is 0. The summed E-state index contributed by atoms with van der Waals surface area (Å²) >= 11 is 1.29. The van der Waals surface area contributed by atoms with E-state index in [1.807, 2.05) is 94.4 Å². The summed E-state index contributed by atoms with van der Waals surface area (Å²) in [5.74, 6) is 0.787. The summed E-state index contributed by atoms with van der Waals surface area (Å²) in [5, 5.41) is 2.02. The van der Waals surface area contributed by atoms with E-state index >= 15 is 0 Å². The third-order valence-electron chi connectivity index (χ3n) is 6.66. The summed E-state index contributed by atoms with van der Waals surface area (Å²) in [6.07, 6.45) is 1.73.